The third-order valence-corrected chi connectivity index (χ3v) is 5.89. The number of rotatable bonds is 10. The zero-order valence-electron chi connectivity index (χ0n) is 18.7. The van der Waals surface area contributed by atoms with Gasteiger partial charge in [0.05, 0.1) is 29.6 Å². The summed E-state index contributed by atoms with van der Waals surface area (Å²) >= 11 is 6.12. The fraction of sp³-hybridized carbons (Fsp3) is 0.259. The number of unbranched alkanes of at least 4 members (excludes halogenated alkanes) is 3. The van der Waals surface area contributed by atoms with Crippen molar-refractivity contribution in [1.82, 2.24) is 9.55 Å². The van der Waals surface area contributed by atoms with Gasteiger partial charge in [0.15, 0.2) is 0 Å². The minimum Gasteiger partial charge on any atom is -0.497 e. The van der Waals surface area contributed by atoms with Gasteiger partial charge in [-0.1, -0.05) is 48.7 Å². The maximum atomic E-state index is 13.3. The van der Waals surface area contributed by atoms with E-state index in [1.807, 2.05) is 72.8 Å². The molecule has 1 aromatic heterocycles. The molecule has 0 amide bonds. The van der Waals surface area contributed by atoms with Crippen LogP contribution in [0.3, 0.4) is 0 Å². The summed E-state index contributed by atoms with van der Waals surface area (Å²) < 4.78 is 12.8. The lowest BCUT2D eigenvalue weighted by atomic mass is 10.1. The van der Waals surface area contributed by atoms with Crippen LogP contribution < -0.4 is 15.0 Å². The summed E-state index contributed by atoms with van der Waals surface area (Å²) in [6.07, 6.45) is 3.82. The van der Waals surface area contributed by atoms with Crippen LogP contribution in [-0.4, -0.2) is 23.3 Å². The molecule has 170 valence electrons. The molecule has 0 radical (unpaired) electrons. The van der Waals surface area contributed by atoms with Crippen LogP contribution in [0.4, 0.5) is 0 Å². The molecule has 0 N–H and O–H groups in total. The minimum atomic E-state index is -0.00605. The summed E-state index contributed by atoms with van der Waals surface area (Å²) in [6.45, 7) is 1.24. The fourth-order valence-electron chi connectivity index (χ4n) is 3.81. The quantitative estimate of drug-likeness (QED) is 0.257. The van der Waals surface area contributed by atoms with Gasteiger partial charge < -0.3 is 9.47 Å². The molecular weight excluding hydrogens is 436 g/mol. The average molecular weight is 463 g/mol. The Kier molecular flexibility index (Phi) is 7.63. The first-order valence-electron chi connectivity index (χ1n) is 11.2. The van der Waals surface area contributed by atoms with Crippen molar-refractivity contribution in [2.75, 3.05) is 13.7 Å². The van der Waals surface area contributed by atoms with E-state index in [9.17, 15) is 4.79 Å². The number of aromatic nitrogens is 2. The summed E-state index contributed by atoms with van der Waals surface area (Å²) in [4.78, 5) is 18.1. The van der Waals surface area contributed by atoms with Gasteiger partial charge in [-0.05, 0) is 61.4 Å². The second-order valence-corrected chi connectivity index (χ2v) is 8.24. The van der Waals surface area contributed by atoms with Gasteiger partial charge in [-0.25, -0.2) is 4.98 Å². The Morgan fingerprint density at radius 1 is 0.879 bits per heavy atom. The van der Waals surface area contributed by atoms with E-state index in [0.717, 1.165) is 42.7 Å². The summed E-state index contributed by atoms with van der Waals surface area (Å²) in [5.74, 6) is 2.17. The number of fused-ring (bicyclic) bond motifs is 1. The van der Waals surface area contributed by atoms with Gasteiger partial charge in [0.25, 0.3) is 5.56 Å². The van der Waals surface area contributed by atoms with Gasteiger partial charge in [-0.2, -0.15) is 0 Å². The highest BCUT2D eigenvalue weighted by Gasteiger charge is 2.12. The molecule has 1 heterocycles. The van der Waals surface area contributed by atoms with Gasteiger partial charge in [0, 0.05) is 12.1 Å². The molecule has 33 heavy (non-hydrogen) atoms. The Bertz CT molecular complexity index is 1270. The minimum absolute atomic E-state index is 0.00605. The molecule has 0 unspecified atom stereocenters. The summed E-state index contributed by atoms with van der Waals surface area (Å²) in [5.41, 5.74) is 1.60. The highest BCUT2D eigenvalue weighted by Crippen LogP contribution is 2.24. The van der Waals surface area contributed by atoms with Crippen molar-refractivity contribution in [3.63, 3.8) is 0 Å². The second-order valence-electron chi connectivity index (χ2n) is 7.83. The highest BCUT2D eigenvalue weighted by molar-refractivity contribution is 6.32. The number of benzene rings is 3. The number of ether oxygens (including phenoxy) is 2. The predicted molar refractivity (Wildman–Crippen MR) is 133 cm³/mol. The predicted octanol–water partition coefficient (Wildman–Crippen LogP) is 6.36. The van der Waals surface area contributed by atoms with Crippen LogP contribution in [0, 0.1) is 0 Å². The number of hydrogen-bond acceptors (Lipinski definition) is 4. The molecule has 4 aromatic rings. The topological polar surface area (TPSA) is 53.3 Å². The molecule has 0 bridgehead atoms. The molecule has 3 aromatic carbocycles. The molecule has 0 atom stereocenters. The van der Waals surface area contributed by atoms with Gasteiger partial charge in [-0.3, -0.25) is 9.36 Å². The largest absolute Gasteiger partial charge is 0.497 e. The van der Waals surface area contributed by atoms with Crippen LogP contribution in [0.5, 0.6) is 11.5 Å². The first-order valence-corrected chi connectivity index (χ1v) is 11.6. The molecular formula is C27H27ClN2O3. The maximum absolute atomic E-state index is 13.3. The number of nitrogens with zero attached hydrogens (tertiary/aromatic N) is 2. The summed E-state index contributed by atoms with van der Waals surface area (Å²) in [5, 5.41) is 1.27. The van der Waals surface area contributed by atoms with Crippen molar-refractivity contribution < 1.29 is 9.47 Å². The van der Waals surface area contributed by atoms with Crippen LogP contribution in [0.2, 0.25) is 5.02 Å². The smallest absolute Gasteiger partial charge is 0.261 e. The molecule has 0 spiro atoms. The third-order valence-electron chi connectivity index (χ3n) is 5.58. The van der Waals surface area contributed by atoms with E-state index in [4.69, 9.17) is 26.1 Å². The Hall–Kier alpha value is -3.31. The number of methoxy groups -OCH3 is 1. The maximum Gasteiger partial charge on any atom is 0.261 e. The lowest BCUT2D eigenvalue weighted by Gasteiger charge is -2.14. The third kappa shape index (κ3) is 5.55. The molecule has 6 heteroatoms. The van der Waals surface area contributed by atoms with Crippen molar-refractivity contribution >= 4 is 22.5 Å². The van der Waals surface area contributed by atoms with Crippen molar-refractivity contribution in [2.24, 2.45) is 0 Å². The van der Waals surface area contributed by atoms with E-state index in [2.05, 4.69) is 0 Å². The Labute approximate surface area is 198 Å². The van der Waals surface area contributed by atoms with Crippen LogP contribution in [0.25, 0.3) is 22.3 Å². The number of hydrogen-bond donors (Lipinski definition) is 0. The van der Waals surface area contributed by atoms with Crippen LogP contribution in [0.15, 0.2) is 77.6 Å². The molecule has 0 saturated carbocycles. The normalized spacial score (nSPS) is 11.0. The first kappa shape index (κ1) is 22.9. The SMILES string of the molecule is COc1ccc(-c2nc3ccccc3c(=O)n2CCCCCCOc2ccccc2Cl)cc1. The van der Waals surface area contributed by atoms with Crippen molar-refractivity contribution in [2.45, 2.75) is 32.2 Å². The second kappa shape index (κ2) is 11.0. The van der Waals surface area contributed by atoms with E-state index in [-0.39, 0.29) is 5.56 Å². The summed E-state index contributed by atoms with van der Waals surface area (Å²) in [7, 11) is 1.64. The van der Waals surface area contributed by atoms with E-state index < -0.39 is 0 Å². The van der Waals surface area contributed by atoms with Crippen molar-refractivity contribution in [3.8, 4) is 22.9 Å². The van der Waals surface area contributed by atoms with Crippen molar-refractivity contribution in [1.29, 1.82) is 0 Å². The van der Waals surface area contributed by atoms with Crippen LogP contribution in [-0.2, 0) is 6.54 Å². The Balaban J connectivity index is 1.42. The first-order chi connectivity index (χ1) is 16.2. The number of para-hydroxylation sites is 2. The molecule has 4 rings (SSSR count). The lowest BCUT2D eigenvalue weighted by molar-refractivity contribution is 0.304. The van der Waals surface area contributed by atoms with E-state index in [0.29, 0.717) is 34.9 Å². The number of halogens is 1. The fourth-order valence-corrected chi connectivity index (χ4v) is 4.00. The van der Waals surface area contributed by atoms with E-state index >= 15 is 0 Å². The molecule has 0 saturated heterocycles. The van der Waals surface area contributed by atoms with Crippen molar-refractivity contribution in [3.05, 3.63) is 88.2 Å². The Morgan fingerprint density at radius 2 is 1.61 bits per heavy atom. The van der Waals surface area contributed by atoms with Crippen LogP contribution in [0.1, 0.15) is 25.7 Å². The van der Waals surface area contributed by atoms with Crippen LogP contribution >= 0.6 is 11.6 Å². The monoisotopic (exact) mass is 462 g/mol. The lowest BCUT2D eigenvalue weighted by Crippen LogP contribution is -2.23. The van der Waals surface area contributed by atoms with E-state index in [1.54, 1.807) is 11.7 Å². The molecule has 5 nitrogen and oxygen atoms in total. The zero-order chi connectivity index (χ0) is 23.0. The van der Waals surface area contributed by atoms with Gasteiger partial charge in [0.1, 0.15) is 17.3 Å². The molecule has 0 aliphatic rings. The molecule has 0 aliphatic heterocycles. The van der Waals surface area contributed by atoms with E-state index in [1.165, 1.54) is 0 Å². The standard InChI is InChI=1S/C27H27ClN2O3/c1-32-21-16-14-20(15-17-21)26-29-24-12-6-4-10-22(24)27(31)30(26)18-8-2-3-9-19-33-25-13-7-5-11-23(25)28/h4-7,10-17H,2-3,8-9,18-19H2,1H3. The van der Waals surface area contributed by atoms with Gasteiger partial charge >= 0.3 is 0 Å². The summed E-state index contributed by atoms with van der Waals surface area (Å²) in [6, 6.07) is 22.7. The Morgan fingerprint density at radius 3 is 2.39 bits per heavy atom. The molecule has 0 fully saturated rings. The van der Waals surface area contributed by atoms with Gasteiger partial charge in [0.2, 0.25) is 0 Å². The van der Waals surface area contributed by atoms with Gasteiger partial charge in [-0.15, -0.1) is 0 Å². The zero-order valence-corrected chi connectivity index (χ0v) is 19.4. The average Bonchev–Trinajstić information content (AvgIpc) is 2.85. The molecule has 0 aliphatic carbocycles. The highest BCUT2D eigenvalue weighted by atomic mass is 35.5.